The van der Waals surface area contributed by atoms with Gasteiger partial charge in [0.15, 0.2) is 0 Å². The maximum atomic E-state index is 12.5. The van der Waals surface area contributed by atoms with Crippen molar-refractivity contribution in [1.29, 1.82) is 0 Å². The number of rotatable bonds is 4. The smallest absolute Gasteiger partial charge is 0.302 e. The highest BCUT2D eigenvalue weighted by atomic mass is 17.3. The van der Waals surface area contributed by atoms with Gasteiger partial charge < -0.3 is 14.2 Å². The maximum Gasteiger partial charge on any atom is 0.302 e. The Morgan fingerprint density at radius 1 is 1.33 bits per heavy atom. The fraction of sp³-hybridized carbons (Fsp3) is 0.857. The predicted octanol–water partition coefficient (Wildman–Crippen LogP) is 0.953. The average Bonchev–Trinajstić information content (AvgIpc) is 2.89. The fourth-order valence-electron chi connectivity index (χ4n) is 3.36. The third kappa shape index (κ3) is 2.28. The molecule has 6 atom stereocenters. The molecule has 118 valence electrons. The third-order valence-electron chi connectivity index (χ3n) is 4.64. The van der Waals surface area contributed by atoms with Crippen molar-refractivity contribution < 1.29 is 33.6 Å². The van der Waals surface area contributed by atoms with Crippen molar-refractivity contribution in [2.75, 3.05) is 6.61 Å². The van der Waals surface area contributed by atoms with Gasteiger partial charge in [0.1, 0.15) is 17.5 Å². The van der Waals surface area contributed by atoms with Crippen LogP contribution >= 0.6 is 0 Å². The molecule has 3 aliphatic heterocycles. The first-order chi connectivity index (χ1) is 9.95. The largest absolute Gasteiger partial charge is 0.466 e. The van der Waals surface area contributed by atoms with Gasteiger partial charge in [0.05, 0.1) is 6.61 Å². The van der Waals surface area contributed by atoms with E-state index in [2.05, 4.69) is 0 Å². The van der Waals surface area contributed by atoms with Crippen LogP contribution < -0.4 is 0 Å². The topological polar surface area (TPSA) is 80.3 Å². The van der Waals surface area contributed by atoms with Gasteiger partial charge in [-0.1, -0.05) is 13.8 Å². The highest BCUT2D eigenvalue weighted by Crippen LogP contribution is 2.49. The summed E-state index contributed by atoms with van der Waals surface area (Å²) in [6.45, 7) is 5.28. The van der Waals surface area contributed by atoms with Gasteiger partial charge in [0, 0.05) is 18.8 Å². The third-order valence-corrected chi connectivity index (χ3v) is 4.64. The van der Waals surface area contributed by atoms with Crippen LogP contribution in [0.15, 0.2) is 0 Å². The Kier molecular flexibility index (Phi) is 3.77. The summed E-state index contributed by atoms with van der Waals surface area (Å²) in [7, 11) is 0. The van der Waals surface area contributed by atoms with Crippen LogP contribution in [0.5, 0.6) is 0 Å². The van der Waals surface area contributed by atoms with E-state index in [4.69, 9.17) is 24.0 Å². The molecule has 0 aliphatic carbocycles. The van der Waals surface area contributed by atoms with E-state index in [-0.39, 0.29) is 30.2 Å². The molecule has 3 rings (SSSR count). The van der Waals surface area contributed by atoms with Crippen molar-refractivity contribution >= 4 is 11.8 Å². The molecule has 0 unspecified atom stereocenters. The molecular formula is C14H20O7. The molecule has 4 bridgehead atoms. The summed E-state index contributed by atoms with van der Waals surface area (Å²) < 4.78 is 16.8. The van der Waals surface area contributed by atoms with Crippen LogP contribution in [-0.2, 0) is 33.6 Å². The van der Waals surface area contributed by atoms with Crippen molar-refractivity contribution in [2.45, 2.75) is 57.9 Å². The first kappa shape index (κ1) is 14.9. The van der Waals surface area contributed by atoms with E-state index >= 15 is 0 Å². The van der Waals surface area contributed by atoms with Gasteiger partial charge in [0.25, 0.3) is 0 Å². The summed E-state index contributed by atoms with van der Waals surface area (Å²) in [5.41, 5.74) is -0.874. The quantitative estimate of drug-likeness (QED) is 0.434. The predicted molar refractivity (Wildman–Crippen MR) is 67.6 cm³/mol. The van der Waals surface area contributed by atoms with E-state index in [0.717, 1.165) is 0 Å². The molecule has 7 nitrogen and oxygen atoms in total. The second-order valence-electron chi connectivity index (χ2n) is 5.92. The first-order valence-electron chi connectivity index (χ1n) is 7.28. The molecule has 0 N–H and O–H groups in total. The van der Waals surface area contributed by atoms with E-state index in [1.807, 2.05) is 13.8 Å². The minimum Gasteiger partial charge on any atom is -0.466 e. The number of carbonyl (C=O) groups excluding carboxylic acids is 2. The minimum atomic E-state index is -0.874. The lowest BCUT2D eigenvalue weighted by Gasteiger charge is -2.51. The number of esters is 1. The summed E-state index contributed by atoms with van der Waals surface area (Å²) in [5, 5.41) is 0. The maximum absolute atomic E-state index is 12.5. The Labute approximate surface area is 122 Å². The number of Topliss-reactive ketones (excluding diaryl/α,β-unsaturated/α-hetero) is 1. The Bertz CT molecular complexity index is 451. The molecule has 0 aromatic heterocycles. The van der Waals surface area contributed by atoms with Crippen LogP contribution in [0.2, 0.25) is 0 Å². The van der Waals surface area contributed by atoms with E-state index in [1.165, 1.54) is 6.92 Å². The highest BCUT2D eigenvalue weighted by Gasteiger charge is 2.65. The van der Waals surface area contributed by atoms with E-state index < -0.39 is 24.3 Å². The SMILES string of the molecule is CC(=O)OCCC[C@]12O[C@H]([C@@H]3OO[C@H]1O3)[C@H](C)C(=O)[C@@H]2C. The molecule has 21 heavy (non-hydrogen) atoms. The second kappa shape index (κ2) is 5.31. The van der Waals surface area contributed by atoms with Crippen molar-refractivity contribution in [3.05, 3.63) is 0 Å². The van der Waals surface area contributed by atoms with E-state index in [0.29, 0.717) is 12.8 Å². The Hall–Kier alpha value is -1.02. The zero-order chi connectivity index (χ0) is 15.2. The molecule has 0 saturated carbocycles. The summed E-state index contributed by atoms with van der Waals surface area (Å²) in [4.78, 5) is 33.7. The molecule has 0 aromatic rings. The highest BCUT2D eigenvalue weighted by molar-refractivity contribution is 5.85. The zero-order valence-corrected chi connectivity index (χ0v) is 12.4. The molecule has 0 aromatic carbocycles. The minimum absolute atomic E-state index is 0.131. The van der Waals surface area contributed by atoms with Gasteiger partial charge in [-0.25, -0.2) is 0 Å². The lowest BCUT2D eigenvalue weighted by atomic mass is 9.72. The lowest BCUT2D eigenvalue weighted by molar-refractivity contribution is -0.319. The van der Waals surface area contributed by atoms with Gasteiger partial charge in [-0.15, -0.1) is 0 Å². The number of carbonyl (C=O) groups is 2. The molecular weight excluding hydrogens is 280 g/mol. The molecule has 3 saturated heterocycles. The lowest BCUT2D eigenvalue weighted by Crippen LogP contribution is -2.66. The van der Waals surface area contributed by atoms with Crippen molar-refractivity contribution in [2.24, 2.45) is 11.8 Å². The Morgan fingerprint density at radius 2 is 2.10 bits per heavy atom. The summed E-state index contributed by atoms with van der Waals surface area (Å²) in [6.07, 6.45) is -0.768. The van der Waals surface area contributed by atoms with E-state index in [9.17, 15) is 9.59 Å². The molecule has 3 heterocycles. The van der Waals surface area contributed by atoms with Crippen LogP contribution in [0.25, 0.3) is 0 Å². The average molecular weight is 300 g/mol. The fourth-order valence-corrected chi connectivity index (χ4v) is 3.36. The second-order valence-corrected chi connectivity index (χ2v) is 5.92. The number of hydrogen-bond donors (Lipinski definition) is 0. The van der Waals surface area contributed by atoms with Crippen LogP contribution in [0.1, 0.15) is 33.6 Å². The normalized spacial score (nSPS) is 44.7. The number of hydrogen-bond acceptors (Lipinski definition) is 7. The standard InChI is InChI=1S/C14H20O7/c1-7-10(16)8(2)14(5-4-6-17-9(3)15)13-18-12(20-21-13)11(7)19-14/h7-8,11-13H,4-6H2,1-3H3/t7-,8+,11+,12+,13-,14-/m1/s1. The van der Waals surface area contributed by atoms with E-state index in [1.54, 1.807) is 0 Å². The van der Waals surface area contributed by atoms with Gasteiger partial charge in [0.2, 0.25) is 12.6 Å². The van der Waals surface area contributed by atoms with Gasteiger partial charge >= 0.3 is 5.97 Å². The molecule has 0 amide bonds. The number of ether oxygens (including phenoxy) is 3. The zero-order valence-electron chi connectivity index (χ0n) is 12.4. The van der Waals surface area contributed by atoms with Crippen LogP contribution in [0.4, 0.5) is 0 Å². The molecule has 3 aliphatic rings. The van der Waals surface area contributed by atoms with Crippen LogP contribution in [-0.4, -0.2) is 42.6 Å². The monoisotopic (exact) mass is 300 g/mol. The molecule has 0 radical (unpaired) electrons. The summed E-state index contributed by atoms with van der Waals surface area (Å²) in [5.74, 6) is -0.859. The number of fused-ring (bicyclic) bond motifs is 6. The van der Waals surface area contributed by atoms with Crippen molar-refractivity contribution in [3.8, 4) is 0 Å². The first-order valence-corrected chi connectivity index (χ1v) is 7.28. The summed E-state index contributed by atoms with van der Waals surface area (Å²) in [6, 6.07) is 0. The molecule has 7 heteroatoms. The Balaban J connectivity index is 1.77. The Morgan fingerprint density at radius 3 is 2.81 bits per heavy atom. The van der Waals surface area contributed by atoms with Gasteiger partial charge in [-0.2, -0.15) is 9.78 Å². The van der Waals surface area contributed by atoms with Gasteiger partial charge in [-0.3, -0.25) is 9.59 Å². The molecule has 0 spiro atoms. The van der Waals surface area contributed by atoms with Crippen molar-refractivity contribution in [1.82, 2.24) is 0 Å². The van der Waals surface area contributed by atoms with Gasteiger partial charge in [-0.05, 0) is 12.8 Å². The van der Waals surface area contributed by atoms with Crippen LogP contribution in [0.3, 0.4) is 0 Å². The van der Waals surface area contributed by atoms with Crippen molar-refractivity contribution in [3.63, 3.8) is 0 Å². The number of ketones is 1. The summed E-state index contributed by atoms with van der Waals surface area (Å²) >= 11 is 0. The molecule has 3 fully saturated rings. The van der Waals surface area contributed by atoms with Crippen LogP contribution in [0, 0.1) is 11.8 Å².